The Labute approximate surface area is 89.2 Å². The molecule has 0 rings (SSSR count). The van der Waals surface area contributed by atoms with Gasteiger partial charge in [0.25, 0.3) is 0 Å². The van der Waals surface area contributed by atoms with E-state index in [0.29, 0.717) is 13.0 Å². The standard InChI is InChI=1S/C10H17NO4/c1-3-5-14-9(12)7-8(11)10(13)15-6-4-2/h7H,3-6,11H2,1-2H3/b8-7-. The van der Waals surface area contributed by atoms with Crippen LogP contribution < -0.4 is 5.73 Å². The summed E-state index contributed by atoms with van der Waals surface area (Å²) in [7, 11) is 0. The Balaban J connectivity index is 4.05. The van der Waals surface area contributed by atoms with Crippen molar-refractivity contribution in [3.05, 3.63) is 11.8 Å². The van der Waals surface area contributed by atoms with Gasteiger partial charge in [0.05, 0.1) is 19.3 Å². The van der Waals surface area contributed by atoms with Crippen LogP contribution in [0.3, 0.4) is 0 Å². The lowest BCUT2D eigenvalue weighted by Gasteiger charge is -2.03. The van der Waals surface area contributed by atoms with Crippen LogP contribution in [-0.2, 0) is 19.1 Å². The number of hydrogen-bond acceptors (Lipinski definition) is 5. The smallest absolute Gasteiger partial charge is 0.354 e. The number of nitrogens with two attached hydrogens (primary N) is 1. The fourth-order valence-electron chi connectivity index (χ4n) is 0.708. The highest BCUT2D eigenvalue weighted by Gasteiger charge is 2.08. The third-order valence-electron chi connectivity index (χ3n) is 1.39. The van der Waals surface area contributed by atoms with E-state index >= 15 is 0 Å². The van der Waals surface area contributed by atoms with Gasteiger partial charge < -0.3 is 15.2 Å². The Morgan fingerprint density at radius 3 is 2.20 bits per heavy atom. The molecule has 0 aromatic rings. The molecule has 0 saturated heterocycles. The zero-order valence-electron chi connectivity index (χ0n) is 9.12. The number of carbonyl (C=O) groups excluding carboxylic acids is 2. The summed E-state index contributed by atoms with van der Waals surface area (Å²) < 4.78 is 9.43. The summed E-state index contributed by atoms with van der Waals surface area (Å²) in [5.41, 5.74) is 5.08. The van der Waals surface area contributed by atoms with E-state index in [4.69, 9.17) is 15.2 Å². The molecular weight excluding hydrogens is 198 g/mol. The van der Waals surface area contributed by atoms with Crippen LogP contribution in [0.15, 0.2) is 11.8 Å². The lowest BCUT2D eigenvalue weighted by Crippen LogP contribution is -2.17. The maximum absolute atomic E-state index is 11.1. The minimum absolute atomic E-state index is 0.232. The Kier molecular flexibility index (Phi) is 7.05. The maximum Gasteiger partial charge on any atom is 0.354 e. The molecule has 0 atom stereocenters. The highest BCUT2D eigenvalue weighted by atomic mass is 16.5. The van der Waals surface area contributed by atoms with Crippen LogP contribution in [0.2, 0.25) is 0 Å². The molecule has 5 nitrogen and oxygen atoms in total. The van der Waals surface area contributed by atoms with Gasteiger partial charge in [0, 0.05) is 0 Å². The summed E-state index contributed by atoms with van der Waals surface area (Å²) >= 11 is 0. The minimum Gasteiger partial charge on any atom is -0.462 e. The molecule has 0 spiro atoms. The lowest BCUT2D eigenvalue weighted by atomic mass is 10.4. The van der Waals surface area contributed by atoms with Crippen LogP contribution in [0.1, 0.15) is 26.7 Å². The van der Waals surface area contributed by atoms with Crippen molar-refractivity contribution in [2.45, 2.75) is 26.7 Å². The molecule has 15 heavy (non-hydrogen) atoms. The summed E-state index contributed by atoms with van der Waals surface area (Å²) in [5.74, 6) is -1.31. The van der Waals surface area contributed by atoms with Gasteiger partial charge in [-0.3, -0.25) is 0 Å². The molecule has 86 valence electrons. The van der Waals surface area contributed by atoms with Crippen LogP contribution in [0.4, 0.5) is 0 Å². The number of rotatable bonds is 6. The molecule has 0 amide bonds. The van der Waals surface area contributed by atoms with E-state index in [1.165, 1.54) is 0 Å². The Morgan fingerprint density at radius 1 is 1.13 bits per heavy atom. The van der Waals surface area contributed by atoms with E-state index in [1.807, 2.05) is 13.8 Å². The fraction of sp³-hybridized carbons (Fsp3) is 0.600. The zero-order chi connectivity index (χ0) is 11.7. The van der Waals surface area contributed by atoms with Crippen molar-refractivity contribution in [2.24, 2.45) is 5.73 Å². The van der Waals surface area contributed by atoms with Gasteiger partial charge in [-0.2, -0.15) is 0 Å². The van der Waals surface area contributed by atoms with Gasteiger partial charge in [-0.1, -0.05) is 13.8 Å². The predicted octanol–water partition coefficient (Wildman–Crippen LogP) is 0.735. The number of hydrogen-bond donors (Lipinski definition) is 1. The molecule has 0 aromatic carbocycles. The summed E-state index contributed by atoms with van der Waals surface area (Å²) in [5, 5.41) is 0. The first-order valence-electron chi connectivity index (χ1n) is 4.92. The summed E-state index contributed by atoms with van der Waals surface area (Å²) in [6, 6.07) is 0. The second-order valence-corrected chi connectivity index (χ2v) is 2.90. The molecule has 0 fully saturated rings. The molecule has 2 N–H and O–H groups in total. The molecular formula is C10H17NO4. The lowest BCUT2D eigenvalue weighted by molar-refractivity contribution is -0.141. The first-order valence-corrected chi connectivity index (χ1v) is 4.92. The molecule has 0 radical (unpaired) electrons. The number of carbonyl (C=O) groups is 2. The molecule has 0 unspecified atom stereocenters. The van der Waals surface area contributed by atoms with Gasteiger partial charge >= 0.3 is 11.9 Å². The average molecular weight is 215 g/mol. The molecule has 0 aliphatic carbocycles. The Morgan fingerprint density at radius 2 is 1.67 bits per heavy atom. The fourth-order valence-corrected chi connectivity index (χ4v) is 0.708. The molecule has 0 aliphatic rings. The van der Waals surface area contributed by atoms with Crippen LogP contribution in [-0.4, -0.2) is 25.2 Å². The van der Waals surface area contributed by atoms with Crippen LogP contribution in [0.25, 0.3) is 0 Å². The van der Waals surface area contributed by atoms with Gasteiger partial charge in [0.15, 0.2) is 0 Å². The molecule has 5 heteroatoms. The monoisotopic (exact) mass is 215 g/mol. The van der Waals surface area contributed by atoms with Gasteiger partial charge in [-0.05, 0) is 12.8 Å². The molecule has 0 aliphatic heterocycles. The topological polar surface area (TPSA) is 78.6 Å². The van der Waals surface area contributed by atoms with Crippen molar-refractivity contribution >= 4 is 11.9 Å². The summed E-state index contributed by atoms with van der Waals surface area (Å²) in [6.45, 7) is 4.34. The number of ether oxygens (including phenoxy) is 2. The van der Waals surface area contributed by atoms with E-state index in [-0.39, 0.29) is 12.3 Å². The first kappa shape index (κ1) is 13.5. The van der Waals surface area contributed by atoms with E-state index in [9.17, 15) is 9.59 Å². The third kappa shape index (κ3) is 6.54. The van der Waals surface area contributed by atoms with Gasteiger partial charge in [-0.15, -0.1) is 0 Å². The van der Waals surface area contributed by atoms with Crippen LogP contribution in [0, 0.1) is 0 Å². The summed E-state index contributed by atoms with van der Waals surface area (Å²) in [4.78, 5) is 22.1. The van der Waals surface area contributed by atoms with Gasteiger partial charge in [0.1, 0.15) is 5.70 Å². The molecule has 0 bridgehead atoms. The van der Waals surface area contributed by atoms with E-state index in [0.717, 1.165) is 12.5 Å². The van der Waals surface area contributed by atoms with Crippen LogP contribution in [0.5, 0.6) is 0 Å². The maximum atomic E-state index is 11.1. The number of esters is 2. The quantitative estimate of drug-likeness (QED) is 0.522. The van der Waals surface area contributed by atoms with E-state index < -0.39 is 11.9 Å². The molecule has 0 saturated carbocycles. The van der Waals surface area contributed by atoms with E-state index in [1.54, 1.807) is 0 Å². The SMILES string of the molecule is CCCOC(=O)/C=C(\N)C(=O)OCCC. The highest BCUT2D eigenvalue weighted by molar-refractivity contribution is 5.95. The highest BCUT2D eigenvalue weighted by Crippen LogP contribution is 1.93. The Hall–Kier alpha value is -1.52. The van der Waals surface area contributed by atoms with Gasteiger partial charge in [0.2, 0.25) is 0 Å². The molecule has 0 heterocycles. The predicted molar refractivity (Wildman–Crippen MR) is 54.8 cm³/mol. The van der Waals surface area contributed by atoms with Gasteiger partial charge in [-0.25, -0.2) is 9.59 Å². The van der Waals surface area contributed by atoms with E-state index in [2.05, 4.69) is 0 Å². The second-order valence-electron chi connectivity index (χ2n) is 2.90. The second kappa shape index (κ2) is 7.84. The average Bonchev–Trinajstić information content (AvgIpc) is 2.22. The molecule has 0 aromatic heterocycles. The summed E-state index contributed by atoms with van der Waals surface area (Å²) in [6.07, 6.45) is 2.37. The van der Waals surface area contributed by atoms with Crippen molar-refractivity contribution in [2.75, 3.05) is 13.2 Å². The third-order valence-corrected chi connectivity index (χ3v) is 1.39. The van der Waals surface area contributed by atoms with Crippen molar-refractivity contribution in [1.29, 1.82) is 0 Å². The zero-order valence-corrected chi connectivity index (χ0v) is 9.12. The van der Waals surface area contributed by atoms with Crippen molar-refractivity contribution in [1.82, 2.24) is 0 Å². The minimum atomic E-state index is -0.690. The van der Waals surface area contributed by atoms with Crippen LogP contribution >= 0.6 is 0 Å². The Bertz CT molecular complexity index is 248. The first-order chi connectivity index (χ1) is 7.11. The van der Waals surface area contributed by atoms with Crippen molar-refractivity contribution in [3.63, 3.8) is 0 Å². The van der Waals surface area contributed by atoms with Crippen molar-refractivity contribution < 1.29 is 19.1 Å². The van der Waals surface area contributed by atoms with Crippen molar-refractivity contribution in [3.8, 4) is 0 Å². The normalized spacial score (nSPS) is 10.9. The largest absolute Gasteiger partial charge is 0.462 e.